The molecule has 0 saturated heterocycles. The summed E-state index contributed by atoms with van der Waals surface area (Å²) >= 11 is 0. The molecule has 0 bridgehead atoms. The average molecular weight is 286 g/mol. The van der Waals surface area contributed by atoms with Crippen LogP contribution in [0.1, 0.15) is 39.5 Å². The highest BCUT2D eigenvalue weighted by atomic mass is 16.6. The lowest BCUT2D eigenvalue weighted by Gasteiger charge is -2.26. The summed E-state index contributed by atoms with van der Waals surface area (Å²) in [6.07, 6.45) is 2.72. The minimum absolute atomic E-state index is 0.00715. The zero-order valence-corrected chi connectivity index (χ0v) is 12.0. The van der Waals surface area contributed by atoms with Crippen molar-refractivity contribution in [2.45, 2.75) is 39.5 Å². The average Bonchev–Trinajstić information content (AvgIpc) is 2.42. The fourth-order valence-electron chi connectivity index (χ4n) is 2.27. The third-order valence-electron chi connectivity index (χ3n) is 3.43. The summed E-state index contributed by atoms with van der Waals surface area (Å²) in [6, 6.07) is 0. The van der Waals surface area contributed by atoms with Crippen LogP contribution in [0.4, 0.5) is 0 Å². The molecule has 1 N–H and O–H groups in total. The number of ether oxygens (including phenoxy) is 2. The number of carbonyl (C=O) groups is 3. The second kappa shape index (κ2) is 7.87. The van der Waals surface area contributed by atoms with E-state index in [0.717, 1.165) is 12.8 Å². The van der Waals surface area contributed by atoms with Crippen LogP contribution < -0.4 is 0 Å². The number of carboxylic acid groups (broad SMARTS) is 1. The van der Waals surface area contributed by atoms with Crippen molar-refractivity contribution in [2.24, 2.45) is 17.8 Å². The van der Waals surface area contributed by atoms with Crippen LogP contribution in [0.3, 0.4) is 0 Å². The summed E-state index contributed by atoms with van der Waals surface area (Å²) in [4.78, 5) is 34.1. The van der Waals surface area contributed by atoms with Crippen molar-refractivity contribution in [3.8, 4) is 0 Å². The number of esters is 2. The van der Waals surface area contributed by atoms with Gasteiger partial charge < -0.3 is 14.6 Å². The van der Waals surface area contributed by atoms with E-state index in [1.54, 1.807) is 13.8 Å². The molecule has 1 saturated carbocycles. The van der Waals surface area contributed by atoms with Crippen molar-refractivity contribution in [2.75, 3.05) is 13.2 Å². The Kier molecular flexibility index (Phi) is 6.48. The molecule has 2 atom stereocenters. The molecule has 1 fully saturated rings. The molecular weight excluding hydrogens is 264 g/mol. The van der Waals surface area contributed by atoms with Gasteiger partial charge in [-0.1, -0.05) is 26.7 Å². The molecule has 6 nitrogen and oxygen atoms in total. The van der Waals surface area contributed by atoms with E-state index in [-0.39, 0.29) is 25.1 Å². The fraction of sp³-hybridized carbons (Fsp3) is 0.786. The first kappa shape index (κ1) is 16.5. The van der Waals surface area contributed by atoms with Gasteiger partial charge in [0.05, 0.1) is 17.8 Å². The van der Waals surface area contributed by atoms with Gasteiger partial charge in [0.2, 0.25) is 0 Å². The van der Waals surface area contributed by atoms with Crippen LogP contribution in [0.25, 0.3) is 0 Å². The zero-order chi connectivity index (χ0) is 15.1. The number of carboxylic acids is 1. The summed E-state index contributed by atoms with van der Waals surface area (Å²) in [5.41, 5.74) is 0. The largest absolute Gasteiger partial charge is 0.481 e. The standard InChI is InChI=1S/C14H22O6/c1-9(2)13(17)19-7-8-20-14(18)11-6-4-3-5-10(11)12(15)16/h9-11H,3-8H2,1-2H3,(H,15,16). The van der Waals surface area contributed by atoms with Crippen molar-refractivity contribution in [1.29, 1.82) is 0 Å². The van der Waals surface area contributed by atoms with E-state index in [0.29, 0.717) is 12.8 Å². The molecule has 0 aromatic rings. The van der Waals surface area contributed by atoms with Crippen LogP contribution in [0.5, 0.6) is 0 Å². The molecule has 0 aromatic carbocycles. The quantitative estimate of drug-likeness (QED) is 0.589. The predicted molar refractivity (Wildman–Crippen MR) is 69.8 cm³/mol. The topological polar surface area (TPSA) is 89.9 Å². The second-order valence-electron chi connectivity index (χ2n) is 5.33. The number of carbonyl (C=O) groups excluding carboxylic acids is 2. The van der Waals surface area contributed by atoms with Gasteiger partial charge in [0, 0.05) is 0 Å². The molecule has 1 aliphatic rings. The number of aliphatic carboxylic acids is 1. The van der Waals surface area contributed by atoms with E-state index >= 15 is 0 Å². The molecule has 114 valence electrons. The van der Waals surface area contributed by atoms with E-state index in [1.165, 1.54) is 0 Å². The van der Waals surface area contributed by atoms with Gasteiger partial charge in [-0.2, -0.15) is 0 Å². The van der Waals surface area contributed by atoms with Crippen LogP contribution >= 0.6 is 0 Å². The summed E-state index contributed by atoms with van der Waals surface area (Å²) in [5, 5.41) is 9.09. The molecule has 0 heterocycles. The lowest BCUT2D eigenvalue weighted by atomic mass is 9.79. The molecule has 0 aromatic heterocycles. The highest BCUT2D eigenvalue weighted by Gasteiger charge is 2.36. The van der Waals surface area contributed by atoms with Gasteiger partial charge in [-0.15, -0.1) is 0 Å². The van der Waals surface area contributed by atoms with Crippen molar-refractivity contribution in [1.82, 2.24) is 0 Å². The third kappa shape index (κ3) is 4.83. The Morgan fingerprint density at radius 3 is 2.15 bits per heavy atom. The zero-order valence-electron chi connectivity index (χ0n) is 12.0. The summed E-state index contributed by atoms with van der Waals surface area (Å²) in [7, 11) is 0. The van der Waals surface area contributed by atoms with Gasteiger partial charge in [-0.3, -0.25) is 14.4 Å². The lowest BCUT2D eigenvalue weighted by Crippen LogP contribution is -2.34. The van der Waals surface area contributed by atoms with Crippen LogP contribution in [0.2, 0.25) is 0 Å². The SMILES string of the molecule is CC(C)C(=O)OCCOC(=O)C1CCCCC1C(=O)O. The summed E-state index contributed by atoms with van der Waals surface area (Å²) < 4.78 is 9.90. The van der Waals surface area contributed by atoms with Crippen LogP contribution in [-0.4, -0.2) is 36.2 Å². The minimum Gasteiger partial charge on any atom is -0.481 e. The molecular formula is C14H22O6. The van der Waals surface area contributed by atoms with E-state index in [4.69, 9.17) is 14.6 Å². The van der Waals surface area contributed by atoms with Gasteiger partial charge in [0.1, 0.15) is 13.2 Å². The highest BCUT2D eigenvalue weighted by molar-refractivity contribution is 5.81. The maximum atomic E-state index is 11.9. The molecule has 0 spiro atoms. The molecule has 0 aliphatic heterocycles. The van der Waals surface area contributed by atoms with Crippen molar-refractivity contribution < 1.29 is 29.0 Å². The number of hydrogen-bond acceptors (Lipinski definition) is 5. The fourth-order valence-corrected chi connectivity index (χ4v) is 2.27. The lowest BCUT2D eigenvalue weighted by molar-refractivity contribution is -0.162. The molecule has 1 aliphatic carbocycles. The van der Waals surface area contributed by atoms with Gasteiger partial charge in [0.15, 0.2) is 0 Å². The predicted octanol–water partition coefficient (Wildman–Crippen LogP) is 1.62. The van der Waals surface area contributed by atoms with E-state index in [1.807, 2.05) is 0 Å². The smallest absolute Gasteiger partial charge is 0.309 e. The van der Waals surface area contributed by atoms with E-state index < -0.39 is 23.8 Å². The molecule has 0 radical (unpaired) electrons. The third-order valence-corrected chi connectivity index (χ3v) is 3.43. The Balaban J connectivity index is 2.34. The number of hydrogen-bond donors (Lipinski definition) is 1. The van der Waals surface area contributed by atoms with E-state index in [2.05, 4.69) is 0 Å². The normalized spacial score (nSPS) is 22.4. The van der Waals surface area contributed by atoms with Crippen molar-refractivity contribution in [3.05, 3.63) is 0 Å². The Morgan fingerprint density at radius 2 is 1.60 bits per heavy atom. The summed E-state index contributed by atoms with van der Waals surface area (Å²) in [6.45, 7) is 3.41. The minimum atomic E-state index is -0.946. The van der Waals surface area contributed by atoms with Gasteiger partial charge in [0.25, 0.3) is 0 Å². The molecule has 0 amide bonds. The van der Waals surface area contributed by atoms with Gasteiger partial charge in [-0.25, -0.2) is 0 Å². The van der Waals surface area contributed by atoms with Crippen LogP contribution in [0, 0.1) is 17.8 Å². The van der Waals surface area contributed by atoms with Crippen molar-refractivity contribution in [3.63, 3.8) is 0 Å². The second-order valence-corrected chi connectivity index (χ2v) is 5.33. The maximum Gasteiger partial charge on any atom is 0.309 e. The Bertz CT molecular complexity index is 363. The van der Waals surface area contributed by atoms with Gasteiger partial charge >= 0.3 is 17.9 Å². The highest BCUT2D eigenvalue weighted by Crippen LogP contribution is 2.31. The number of rotatable bonds is 6. The van der Waals surface area contributed by atoms with Crippen LogP contribution in [0.15, 0.2) is 0 Å². The monoisotopic (exact) mass is 286 g/mol. The first-order valence-electron chi connectivity index (χ1n) is 6.99. The first-order chi connectivity index (χ1) is 9.43. The molecule has 20 heavy (non-hydrogen) atoms. The van der Waals surface area contributed by atoms with Gasteiger partial charge in [-0.05, 0) is 12.8 Å². The Hall–Kier alpha value is -1.59. The maximum absolute atomic E-state index is 11.9. The molecule has 6 heteroatoms. The Labute approximate surface area is 118 Å². The molecule has 2 unspecified atom stereocenters. The van der Waals surface area contributed by atoms with E-state index in [9.17, 15) is 14.4 Å². The van der Waals surface area contributed by atoms with Crippen molar-refractivity contribution >= 4 is 17.9 Å². The Morgan fingerprint density at radius 1 is 1.05 bits per heavy atom. The first-order valence-corrected chi connectivity index (χ1v) is 6.99. The van der Waals surface area contributed by atoms with Crippen LogP contribution in [-0.2, 0) is 23.9 Å². The molecule has 1 rings (SSSR count). The summed E-state index contributed by atoms with van der Waals surface area (Å²) in [5.74, 6) is -3.25.